The van der Waals surface area contributed by atoms with Crippen molar-refractivity contribution in [1.29, 1.82) is 0 Å². The van der Waals surface area contributed by atoms with Gasteiger partial charge < -0.3 is 10.5 Å². The number of hydrogen-bond acceptors (Lipinski definition) is 4. The van der Waals surface area contributed by atoms with Gasteiger partial charge in [-0.2, -0.15) is 0 Å². The molecule has 1 aromatic rings. The van der Waals surface area contributed by atoms with E-state index in [1.165, 1.54) is 0 Å². The van der Waals surface area contributed by atoms with E-state index in [0.717, 1.165) is 17.4 Å². The maximum absolute atomic E-state index is 5.28. The third kappa shape index (κ3) is 6.21. The van der Waals surface area contributed by atoms with Crippen molar-refractivity contribution in [2.75, 3.05) is 25.5 Å². The lowest BCUT2D eigenvalue weighted by molar-refractivity contribution is 0.158. The van der Waals surface area contributed by atoms with Crippen molar-refractivity contribution >= 4 is 24.2 Å². The second-order valence-electron chi connectivity index (χ2n) is 2.42. The third-order valence-corrected chi connectivity index (χ3v) is 2.29. The number of ether oxygens (including phenoxy) is 1. The predicted molar refractivity (Wildman–Crippen MR) is 62.1 cm³/mol. The summed E-state index contributed by atoms with van der Waals surface area (Å²) in [5, 5.41) is 1.04. The van der Waals surface area contributed by atoms with Crippen LogP contribution in [0.5, 0.6) is 0 Å². The Bertz CT molecular complexity index is 223. The van der Waals surface area contributed by atoms with E-state index in [1.54, 1.807) is 18.0 Å². The largest absolute Gasteiger partial charge is 0.379 e. The fourth-order valence-electron chi connectivity index (χ4n) is 0.823. The number of thioether (sulfide) groups is 1. The van der Waals surface area contributed by atoms with Crippen LogP contribution in [0.1, 0.15) is 0 Å². The molecule has 2 N–H and O–H groups in total. The molecular weight excluding hydrogens is 220 g/mol. The molecule has 0 aliphatic rings. The summed E-state index contributed by atoms with van der Waals surface area (Å²) in [6, 6.07) is 5.89. The number of pyridine rings is 1. The molecule has 1 aromatic heterocycles. The Hall–Kier alpha value is -0.290. The van der Waals surface area contributed by atoms with Gasteiger partial charge in [0.15, 0.2) is 0 Å². The lowest BCUT2D eigenvalue weighted by atomic mass is 10.5. The average molecular weight is 235 g/mol. The number of aromatic nitrogens is 1. The Labute approximate surface area is 94.8 Å². The number of hydrogen-bond donors (Lipinski definition) is 1. The van der Waals surface area contributed by atoms with E-state index < -0.39 is 0 Å². The highest BCUT2D eigenvalue weighted by molar-refractivity contribution is 7.99. The van der Waals surface area contributed by atoms with Crippen LogP contribution in [0.25, 0.3) is 0 Å². The van der Waals surface area contributed by atoms with Crippen molar-refractivity contribution in [2.24, 2.45) is 5.73 Å². The SMILES string of the molecule is Cl.NCCOCCSc1ccccn1. The minimum absolute atomic E-state index is 0. The molecule has 80 valence electrons. The maximum atomic E-state index is 5.28. The second-order valence-corrected chi connectivity index (χ2v) is 3.53. The third-order valence-electron chi connectivity index (χ3n) is 1.38. The zero-order valence-corrected chi connectivity index (χ0v) is 9.52. The van der Waals surface area contributed by atoms with Gasteiger partial charge in [0.2, 0.25) is 0 Å². The first-order valence-corrected chi connectivity index (χ1v) is 5.23. The molecule has 0 aliphatic carbocycles. The Morgan fingerprint density at radius 1 is 1.36 bits per heavy atom. The molecule has 0 fully saturated rings. The van der Waals surface area contributed by atoms with Crippen LogP contribution in [0.3, 0.4) is 0 Å². The first kappa shape index (κ1) is 13.7. The van der Waals surface area contributed by atoms with Crippen molar-refractivity contribution in [2.45, 2.75) is 5.03 Å². The molecule has 1 rings (SSSR count). The Balaban J connectivity index is 0.00000169. The number of nitrogens with zero attached hydrogens (tertiary/aromatic N) is 1. The van der Waals surface area contributed by atoms with Gasteiger partial charge in [0, 0.05) is 18.5 Å². The zero-order valence-electron chi connectivity index (χ0n) is 7.89. The van der Waals surface area contributed by atoms with Crippen LogP contribution in [0.2, 0.25) is 0 Å². The molecular formula is C9H15ClN2OS. The molecule has 5 heteroatoms. The number of rotatable bonds is 6. The zero-order chi connectivity index (χ0) is 9.36. The van der Waals surface area contributed by atoms with Gasteiger partial charge in [0.25, 0.3) is 0 Å². The van der Waals surface area contributed by atoms with Gasteiger partial charge in [-0.15, -0.1) is 24.2 Å². The van der Waals surface area contributed by atoms with E-state index in [0.29, 0.717) is 13.2 Å². The topological polar surface area (TPSA) is 48.1 Å². The summed E-state index contributed by atoms with van der Waals surface area (Å²) in [6.45, 7) is 1.97. The van der Waals surface area contributed by atoms with E-state index in [9.17, 15) is 0 Å². The van der Waals surface area contributed by atoms with Crippen LogP contribution in [0, 0.1) is 0 Å². The standard InChI is InChI=1S/C9H14N2OS.ClH/c10-4-6-12-7-8-13-9-3-1-2-5-11-9;/h1-3,5H,4,6-8,10H2;1H. The van der Waals surface area contributed by atoms with Crippen LogP contribution in [0.15, 0.2) is 29.4 Å². The van der Waals surface area contributed by atoms with E-state index in [4.69, 9.17) is 10.5 Å². The smallest absolute Gasteiger partial charge is 0.0960 e. The minimum atomic E-state index is 0. The van der Waals surface area contributed by atoms with Gasteiger partial charge >= 0.3 is 0 Å². The maximum Gasteiger partial charge on any atom is 0.0960 e. The van der Waals surface area contributed by atoms with E-state index in [2.05, 4.69) is 4.98 Å². The summed E-state index contributed by atoms with van der Waals surface area (Å²) in [7, 11) is 0. The fraction of sp³-hybridized carbons (Fsp3) is 0.444. The summed E-state index contributed by atoms with van der Waals surface area (Å²) in [5.41, 5.74) is 5.28. The van der Waals surface area contributed by atoms with Crippen molar-refractivity contribution < 1.29 is 4.74 Å². The molecule has 0 saturated heterocycles. The van der Waals surface area contributed by atoms with E-state index >= 15 is 0 Å². The van der Waals surface area contributed by atoms with Crippen molar-refractivity contribution in [3.8, 4) is 0 Å². The Morgan fingerprint density at radius 3 is 2.86 bits per heavy atom. The monoisotopic (exact) mass is 234 g/mol. The molecule has 0 aromatic carbocycles. The molecule has 0 amide bonds. The van der Waals surface area contributed by atoms with Crippen LogP contribution in [0.4, 0.5) is 0 Å². The molecule has 0 bridgehead atoms. The lowest BCUT2D eigenvalue weighted by Gasteiger charge is -2.01. The van der Waals surface area contributed by atoms with Gasteiger partial charge in [-0.3, -0.25) is 0 Å². The van der Waals surface area contributed by atoms with Crippen LogP contribution < -0.4 is 5.73 Å². The highest BCUT2D eigenvalue weighted by atomic mass is 35.5. The van der Waals surface area contributed by atoms with Crippen molar-refractivity contribution in [3.05, 3.63) is 24.4 Å². The van der Waals surface area contributed by atoms with Crippen LogP contribution in [-0.2, 0) is 4.74 Å². The van der Waals surface area contributed by atoms with E-state index in [-0.39, 0.29) is 12.4 Å². The summed E-state index contributed by atoms with van der Waals surface area (Å²) in [5.74, 6) is 0.928. The molecule has 14 heavy (non-hydrogen) atoms. The van der Waals surface area contributed by atoms with Gasteiger partial charge in [0.05, 0.1) is 18.2 Å². The van der Waals surface area contributed by atoms with Gasteiger partial charge in [-0.1, -0.05) is 6.07 Å². The first-order chi connectivity index (χ1) is 6.43. The summed E-state index contributed by atoms with van der Waals surface area (Å²) in [4.78, 5) is 4.18. The highest BCUT2D eigenvalue weighted by Crippen LogP contribution is 2.12. The molecule has 0 radical (unpaired) electrons. The lowest BCUT2D eigenvalue weighted by Crippen LogP contribution is -2.09. The molecule has 0 atom stereocenters. The quantitative estimate of drug-likeness (QED) is 0.600. The van der Waals surface area contributed by atoms with Crippen LogP contribution >= 0.6 is 24.2 Å². The fourth-order valence-corrected chi connectivity index (χ4v) is 1.54. The summed E-state index contributed by atoms with van der Waals surface area (Å²) < 4.78 is 5.23. The number of nitrogens with two attached hydrogens (primary N) is 1. The molecule has 0 unspecified atom stereocenters. The number of halogens is 1. The molecule has 0 aliphatic heterocycles. The Morgan fingerprint density at radius 2 is 2.21 bits per heavy atom. The molecule has 0 saturated carbocycles. The molecule has 3 nitrogen and oxygen atoms in total. The summed E-state index contributed by atoms with van der Waals surface area (Å²) in [6.07, 6.45) is 1.79. The first-order valence-electron chi connectivity index (χ1n) is 4.25. The van der Waals surface area contributed by atoms with Gasteiger partial charge in [0.1, 0.15) is 0 Å². The van der Waals surface area contributed by atoms with Crippen molar-refractivity contribution in [3.63, 3.8) is 0 Å². The average Bonchev–Trinajstić information content (AvgIpc) is 2.19. The summed E-state index contributed by atoms with van der Waals surface area (Å²) >= 11 is 1.69. The second kappa shape index (κ2) is 9.27. The highest BCUT2D eigenvalue weighted by Gasteiger charge is 1.93. The normalized spacial score (nSPS) is 9.50. The molecule has 0 spiro atoms. The van der Waals surface area contributed by atoms with Crippen molar-refractivity contribution in [1.82, 2.24) is 4.98 Å². The minimum Gasteiger partial charge on any atom is -0.379 e. The predicted octanol–water partition coefficient (Wildman–Crippen LogP) is 1.57. The van der Waals surface area contributed by atoms with Crippen LogP contribution in [-0.4, -0.2) is 30.5 Å². The Kier molecular flexibility index (Phi) is 9.08. The van der Waals surface area contributed by atoms with Gasteiger partial charge in [-0.25, -0.2) is 4.98 Å². The van der Waals surface area contributed by atoms with E-state index in [1.807, 2.05) is 18.2 Å². The molecule has 1 heterocycles. The van der Waals surface area contributed by atoms with Gasteiger partial charge in [-0.05, 0) is 12.1 Å².